The average molecular weight is 296 g/mol. The minimum Gasteiger partial charge on any atom is -0.378 e. The number of piperidine rings is 1. The van der Waals surface area contributed by atoms with E-state index in [9.17, 15) is 4.79 Å². The fraction of sp³-hybridized carbons (Fsp3) is 0.941. The van der Waals surface area contributed by atoms with Gasteiger partial charge < -0.3 is 15.0 Å². The van der Waals surface area contributed by atoms with Crippen LogP contribution in [0.3, 0.4) is 0 Å². The molecule has 0 spiro atoms. The van der Waals surface area contributed by atoms with Crippen molar-refractivity contribution in [2.24, 2.45) is 0 Å². The molecule has 1 atom stereocenters. The Morgan fingerprint density at radius 2 is 1.95 bits per heavy atom. The van der Waals surface area contributed by atoms with Crippen molar-refractivity contribution in [2.45, 2.75) is 76.4 Å². The van der Waals surface area contributed by atoms with E-state index in [1.54, 1.807) is 0 Å². The highest BCUT2D eigenvalue weighted by Gasteiger charge is 2.19. The Kier molecular flexibility index (Phi) is 7.51. The third kappa shape index (κ3) is 6.35. The van der Waals surface area contributed by atoms with Gasteiger partial charge in [-0.2, -0.15) is 0 Å². The summed E-state index contributed by atoms with van der Waals surface area (Å²) in [6.45, 7) is 2.73. The van der Waals surface area contributed by atoms with Gasteiger partial charge in [-0.25, -0.2) is 0 Å². The van der Waals surface area contributed by atoms with Gasteiger partial charge in [0.05, 0.1) is 6.10 Å². The highest BCUT2D eigenvalue weighted by Crippen LogP contribution is 2.21. The molecule has 1 aliphatic heterocycles. The lowest BCUT2D eigenvalue weighted by Crippen LogP contribution is -2.37. The molecular formula is C17H32N2O2. The Balaban J connectivity index is 1.45. The van der Waals surface area contributed by atoms with Gasteiger partial charge >= 0.3 is 0 Å². The van der Waals surface area contributed by atoms with Crippen molar-refractivity contribution in [3.63, 3.8) is 0 Å². The zero-order valence-corrected chi connectivity index (χ0v) is 13.6. The Morgan fingerprint density at radius 1 is 1.19 bits per heavy atom. The van der Waals surface area contributed by atoms with Crippen LogP contribution in [0.25, 0.3) is 0 Å². The fourth-order valence-electron chi connectivity index (χ4n) is 3.50. The highest BCUT2D eigenvalue weighted by molar-refractivity contribution is 5.75. The van der Waals surface area contributed by atoms with Crippen molar-refractivity contribution in [1.29, 1.82) is 0 Å². The summed E-state index contributed by atoms with van der Waals surface area (Å²) in [6.07, 6.45) is 12.0. The van der Waals surface area contributed by atoms with Gasteiger partial charge in [0, 0.05) is 25.6 Å². The van der Waals surface area contributed by atoms with E-state index < -0.39 is 0 Å². The number of nitrogens with one attached hydrogen (secondary N) is 1. The van der Waals surface area contributed by atoms with Crippen LogP contribution in [0.15, 0.2) is 0 Å². The number of likely N-dealkylation sites (tertiary alicyclic amines) is 1. The SMILES string of the molecule is CN1CCCC[C@H]1CCC(=O)NCCCOC1CCCC1. The summed E-state index contributed by atoms with van der Waals surface area (Å²) >= 11 is 0. The number of rotatable bonds is 8. The van der Waals surface area contributed by atoms with Crippen LogP contribution < -0.4 is 5.32 Å². The van der Waals surface area contributed by atoms with E-state index in [2.05, 4.69) is 17.3 Å². The number of carbonyl (C=O) groups is 1. The molecule has 0 aromatic heterocycles. The predicted octanol–water partition coefficient (Wildman–Crippen LogP) is 2.72. The van der Waals surface area contributed by atoms with Crippen LogP contribution in [-0.4, -0.2) is 49.7 Å². The number of ether oxygens (including phenoxy) is 1. The summed E-state index contributed by atoms with van der Waals surface area (Å²) in [6, 6.07) is 0.607. The normalized spacial score (nSPS) is 24.3. The summed E-state index contributed by atoms with van der Waals surface area (Å²) < 4.78 is 5.80. The van der Waals surface area contributed by atoms with Crippen molar-refractivity contribution < 1.29 is 9.53 Å². The third-order valence-electron chi connectivity index (χ3n) is 4.93. The molecule has 4 heteroatoms. The zero-order valence-electron chi connectivity index (χ0n) is 13.6. The molecule has 4 nitrogen and oxygen atoms in total. The standard InChI is InChI=1S/C17H32N2O2/c1-19-13-5-4-7-15(19)10-11-17(20)18-12-6-14-21-16-8-2-3-9-16/h15-16H,2-14H2,1H3,(H,18,20)/t15-/m0/s1. The van der Waals surface area contributed by atoms with Gasteiger partial charge in [-0.15, -0.1) is 0 Å². The first-order valence-corrected chi connectivity index (χ1v) is 8.84. The summed E-state index contributed by atoms with van der Waals surface area (Å²) in [5.74, 6) is 0.204. The van der Waals surface area contributed by atoms with Crippen molar-refractivity contribution in [3.05, 3.63) is 0 Å². The lowest BCUT2D eigenvalue weighted by atomic mass is 9.98. The molecule has 0 unspecified atom stereocenters. The molecule has 1 saturated heterocycles. The van der Waals surface area contributed by atoms with E-state index in [0.717, 1.165) is 26.0 Å². The van der Waals surface area contributed by atoms with E-state index in [1.807, 2.05) is 0 Å². The van der Waals surface area contributed by atoms with E-state index in [1.165, 1.54) is 51.5 Å². The Morgan fingerprint density at radius 3 is 2.71 bits per heavy atom. The van der Waals surface area contributed by atoms with Gasteiger partial charge in [-0.1, -0.05) is 19.3 Å². The zero-order chi connectivity index (χ0) is 14.9. The van der Waals surface area contributed by atoms with Crippen LogP contribution in [0.5, 0.6) is 0 Å². The van der Waals surface area contributed by atoms with Gasteiger partial charge in [-0.3, -0.25) is 4.79 Å². The molecule has 0 aromatic carbocycles. The number of amides is 1. The van der Waals surface area contributed by atoms with E-state index in [4.69, 9.17) is 4.74 Å². The smallest absolute Gasteiger partial charge is 0.220 e. The molecule has 2 aliphatic rings. The Bertz CT molecular complexity index is 303. The molecule has 1 N–H and O–H groups in total. The maximum absolute atomic E-state index is 11.8. The molecule has 0 aromatic rings. The van der Waals surface area contributed by atoms with Crippen molar-refractivity contribution in [2.75, 3.05) is 26.7 Å². The van der Waals surface area contributed by atoms with E-state index >= 15 is 0 Å². The van der Waals surface area contributed by atoms with Crippen LogP contribution in [-0.2, 0) is 9.53 Å². The van der Waals surface area contributed by atoms with Gasteiger partial charge in [0.2, 0.25) is 5.91 Å². The molecule has 1 saturated carbocycles. The minimum absolute atomic E-state index is 0.204. The summed E-state index contributed by atoms with van der Waals surface area (Å²) in [5.41, 5.74) is 0. The van der Waals surface area contributed by atoms with Crippen LogP contribution in [0.4, 0.5) is 0 Å². The first-order valence-electron chi connectivity index (χ1n) is 8.84. The molecule has 21 heavy (non-hydrogen) atoms. The number of carbonyl (C=O) groups excluding carboxylic acids is 1. The minimum atomic E-state index is 0.204. The van der Waals surface area contributed by atoms with Gasteiger partial charge in [0.1, 0.15) is 0 Å². The lowest BCUT2D eigenvalue weighted by molar-refractivity contribution is -0.121. The van der Waals surface area contributed by atoms with E-state index in [0.29, 0.717) is 18.6 Å². The Hall–Kier alpha value is -0.610. The summed E-state index contributed by atoms with van der Waals surface area (Å²) in [7, 11) is 2.18. The number of hydrogen-bond acceptors (Lipinski definition) is 3. The second kappa shape index (κ2) is 9.42. The second-order valence-corrected chi connectivity index (χ2v) is 6.65. The van der Waals surface area contributed by atoms with Crippen molar-refractivity contribution >= 4 is 5.91 Å². The Labute approximate surface area is 129 Å². The molecule has 1 heterocycles. The second-order valence-electron chi connectivity index (χ2n) is 6.65. The third-order valence-corrected chi connectivity index (χ3v) is 4.93. The van der Waals surface area contributed by atoms with Crippen molar-refractivity contribution in [1.82, 2.24) is 10.2 Å². The van der Waals surface area contributed by atoms with Crippen molar-refractivity contribution in [3.8, 4) is 0 Å². The van der Waals surface area contributed by atoms with E-state index in [-0.39, 0.29) is 5.91 Å². The molecule has 2 fully saturated rings. The van der Waals surface area contributed by atoms with Gasteiger partial charge in [-0.05, 0) is 52.1 Å². The number of hydrogen-bond donors (Lipinski definition) is 1. The molecule has 122 valence electrons. The molecular weight excluding hydrogens is 264 g/mol. The summed E-state index contributed by atoms with van der Waals surface area (Å²) in [5, 5.41) is 3.03. The first kappa shape index (κ1) is 16.8. The average Bonchev–Trinajstić information content (AvgIpc) is 2.99. The monoisotopic (exact) mass is 296 g/mol. The molecule has 1 amide bonds. The largest absolute Gasteiger partial charge is 0.378 e. The van der Waals surface area contributed by atoms with Crippen LogP contribution in [0.2, 0.25) is 0 Å². The fourth-order valence-corrected chi connectivity index (χ4v) is 3.50. The summed E-state index contributed by atoms with van der Waals surface area (Å²) in [4.78, 5) is 14.3. The quantitative estimate of drug-likeness (QED) is 0.700. The van der Waals surface area contributed by atoms with Crippen LogP contribution >= 0.6 is 0 Å². The number of nitrogens with zero attached hydrogens (tertiary/aromatic N) is 1. The topological polar surface area (TPSA) is 41.6 Å². The maximum atomic E-state index is 11.8. The van der Waals surface area contributed by atoms with Crippen LogP contribution in [0, 0.1) is 0 Å². The molecule has 2 rings (SSSR count). The lowest BCUT2D eigenvalue weighted by Gasteiger charge is -2.32. The van der Waals surface area contributed by atoms with Gasteiger partial charge in [0.15, 0.2) is 0 Å². The molecule has 1 aliphatic carbocycles. The maximum Gasteiger partial charge on any atom is 0.220 e. The first-order chi connectivity index (χ1) is 10.3. The van der Waals surface area contributed by atoms with Gasteiger partial charge in [0.25, 0.3) is 0 Å². The van der Waals surface area contributed by atoms with Crippen LogP contribution in [0.1, 0.15) is 64.2 Å². The highest BCUT2D eigenvalue weighted by atomic mass is 16.5. The molecule has 0 radical (unpaired) electrons. The molecule has 0 bridgehead atoms. The predicted molar refractivity (Wildman–Crippen MR) is 85.3 cm³/mol.